The van der Waals surface area contributed by atoms with E-state index in [1.54, 1.807) is 41.3 Å². The number of carbonyl (C=O) groups is 2. The van der Waals surface area contributed by atoms with Gasteiger partial charge in [-0.3, -0.25) is 9.59 Å². The van der Waals surface area contributed by atoms with E-state index in [0.29, 0.717) is 34.7 Å². The Kier molecular flexibility index (Phi) is 9.47. The fourth-order valence-electron chi connectivity index (χ4n) is 2.91. The molecule has 0 aliphatic carbocycles. The molecule has 2 aromatic rings. The zero-order chi connectivity index (χ0) is 22.1. The Hall–Kier alpha value is -2.24. The molecular weight excluding hydrogens is 423 g/mol. The Morgan fingerprint density at radius 1 is 1.07 bits per heavy atom. The number of carbonyl (C=O) groups excluding carboxylic acids is 2. The maximum Gasteiger partial charge on any atom is 0.261 e. The fourth-order valence-corrected chi connectivity index (χ4v) is 3.23. The summed E-state index contributed by atoms with van der Waals surface area (Å²) in [7, 11) is 0. The maximum absolute atomic E-state index is 13.1. The van der Waals surface area contributed by atoms with Crippen LogP contribution in [-0.2, 0) is 16.1 Å². The van der Waals surface area contributed by atoms with Crippen molar-refractivity contribution in [2.75, 3.05) is 13.2 Å². The highest BCUT2D eigenvalue weighted by Crippen LogP contribution is 2.23. The summed E-state index contributed by atoms with van der Waals surface area (Å²) in [5.74, 6) is 0.273. The predicted octanol–water partition coefficient (Wildman–Crippen LogP) is 4.95. The number of para-hydroxylation sites is 1. The molecule has 7 heteroatoms. The number of nitrogens with one attached hydrogen (secondary N) is 1. The molecule has 1 atom stereocenters. The van der Waals surface area contributed by atoms with Crippen molar-refractivity contribution in [3.05, 3.63) is 64.1 Å². The van der Waals surface area contributed by atoms with Gasteiger partial charge in [-0.1, -0.05) is 68.2 Å². The van der Waals surface area contributed by atoms with Gasteiger partial charge in [0.1, 0.15) is 11.8 Å². The number of hydrogen-bond donors (Lipinski definition) is 1. The van der Waals surface area contributed by atoms with Gasteiger partial charge in [0.25, 0.3) is 5.91 Å². The lowest BCUT2D eigenvalue weighted by molar-refractivity contribution is -0.143. The molecule has 1 unspecified atom stereocenters. The highest BCUT2D eigenvalue weighted by molar-refractivity contribution is 6.32. The van der Waals surface area contributed by atoms with Crippen molar-refractivity contribution in [2.24, 2.45) is 5.92 Å². The summed E-state index contributed by atoms with van der Waals surface area (Å²) >= 11 is 12.1. The van der Waals surface area contributed by atoms with Gasteiger partial charge in [0.2, 0.25) is 5.91 Å². The molecule has 0 aliphatic heterocycles. The van der Waals surface area contributed by atoms with Crippen LogP contribution in [0.1, 0.15) is 32.8 Å². The molecule has 0 saturated heterocycles. The van der Waals surface area contributed by atoms with Crippen LogP contribution in [0, 0.1) is 5.92 Å². The molecule has 0 bridgehead atoms. The molecule has 0 aromatic heterocycles. The van der Waals surface area contributed by atoms with Gasteiger partial charge in [-0.25, -0.2) is 0 Å². The van der Waals surface area contributed by atoms with E-state index in [1.807, 2.05) is 32.9 Å². The number of amides is 2. The van der Waals surface area contributed by atoms with Crippen LogP contribution in [0.2, 0.25) is 10.0 Å². The monoisotopic (exact) mass is 450 g/mol. The van der Waals surface area contributed by atoms with Gasteiger partial charge >= 0.3 is 0 Å². The van der Waals surface area contributed by atoms with Crippen molar-refractivity contribution in [3.63, 3.8) is 0 Å². The molecule has 2 rings (SSSR count). The average molecular weight is 451 g/mol. The second kappa shape index (κ2) is 11.8. The van der Waals surface area contributed by atoms with Gasteiger partial charge in [0.15, 0.2) is 6.61 Å². The Morgan fingerprint density at radius 3 is 2.33 bits per heavy atom. The topological polar surface area (TPSA) is 58.6 Å². The lowest BCUT2D eigenvalue weighted by Crippen LogP contribution is -2.50. The molecular formula is C23H28Cl2N2O3. The van der Waals surface area contributed by atoms with Gasteiger partial charge in [0.05, 0.1) is 5.02 Å². The third kappa shape index (κ3) is 7.22. The third-order valence-electron chi connectivity index (χ3n) is 4.52. The molecule has 162 valence electrons. The summed E-state index contributed by atoms with van der Waals surface area (Å²) in [6.07, 6.45) is 0.481. The average Bonchev–Trinajstić information content (AvgIpc) is 2.72. The van der Waals surface area contributed by atoms with Crippen LogP contribution in [0.15, 0.2) is 48.5 Å². The van der Waals surface area contributed by atoms with E-state index < -0.39 is 6.04 Å². The molecule has 0 spiro atoms. The standard InChI is InChI=1S/C23H28Cl2N2O3/c1-4-20(23(29)26-13-16(2)3)27(14-17-9-11-18(24)12-10-17)22(28)15-30-21-8-6-5-7-19(21)25/h5-12,16,20H,4,13-15H2,1-3H3,(H,26,29). The normalized spacial score (nSPS) is 11.8. The van der Waals surface area contributed by atoms with E-state index in [-0.39, 0.29) is 25.0 Å². The summed E-state index contributed by atoms with van der Waals surface area (Å²) in [4.78, 5) is 27.5. The molecule has 2 aromatic carbocycles. The SMILES string of the molecule is CCC(C(=O)NCC(C)C)N(Cc1ccc(Cl)cc1)C(=O)COc1ccccc1Cl. The van der Waals surface area contributed by atoms with Crippen LogP contribution in [0.25, 0.3) is 0 Å². The first-order valence-electron chi connectivity index (χ1n) is 10.0. The zero-order valence-electron chi connectivity index (χ0n) is 17.5. The van der Waals surface area contributed by atoms with Gasteiger partial charge in [-0.05, 0) is 42.2 Å². The van der Waals surface area contributed by atoms with Gasteiger partial charge in [0, 0.05) is 18.1 Å². The number of nitrogens with zero attached hydrogens (tertiary/aromatic N) is 1. The molecule has 30 heavy (non-hydrogen) atoms. The van der Waals surface area contributed by atoms with E-state index in [2.05, 4.69) is 5.32 Å². The molecule has 0 fully saturated rings. The van der Waals surface area contributed by atoms with E-state index in [1.165, 1.54) is 0 Å². The van der Waals surface area contributed by atoms with Crippen molar-refractivity contribution in [3.8, 4) is 5.75 Å². The second-order valence-corrected chi connectivity index (χ2v) is 8.27. The molecule has 1 N–H and O–H groups in total. The summed E-state index contributed by atoms with van der Waals surface area (Å²) < 4.78 is 5.63. The van der Waals surface area contributed by atoms with Gasteiger partial charge in [-0.15, -0.1) is 0 Å². The Bertz CT molecular complexity index is 841. The first kappa shape index (κ1) is 24.0. The van der Waals surface area contributed by atoms with Crippen LogP contribution in [0.5, 0.6) is 5.75 Å². The maximum atomic E-state index is 13.1. The number of ether oxygens (including phenoxy) is 1. The minimum Gasteiger partial charge on any atom is -0.482 e. The molecule has 0 aliphatic rings. The van der Waals surface area contributed by atoms with Crippen molar-refractivity contribution in [1.82, 2.24) is 10.2 Å². The first-order valence-corrected chi connectivity index (χ1v) is 10.8. The van der Waals surface area contributed by atoms with E-state index in [0.717, 1.165) is 5.56 Å². The number of halogens is 2. The Balaban J connectivity index is 2.19. The minimum absolute atomic E-state index is 0.175. The van der Waals surface area contributed by atoms with Crippen LogP contribution < -0.4 is 10.1 Å². The van der Waals surface area contributed by atoms with Crippen molar-refractivity contribution >= 4 is 35.0 Å². The smallest absolute Gasteiger partial charge is 0.261 e. The number of rotatable bonds is 10. The fraction of sp³-hybridized carbons (Fsp3) is 0.391. The van der Waals surface area contributed by atoms with Crippen LogP contribution in [0.4, 0.5) is 0 Å². The highest BCUT2D eigenvalue weighted by atomic mass is 35.5. The second-order valence-electron chi connectivity index (χ2n) is 7.43. The molecule has 0 saturated carbocycles. The Morgan fingerprint density at radius 2 is 1.73 bits per heavy atom. The van der Waals surface area contributed by atoms with E-state index in [9.17, 15) is 9.59 Å². The third-order valence-corrected chi connectivity index (χ3v) is 5.09. The zero-order valence-corrected chi connectivity index (χ0v) is 19.0. The van der Waals surface area contributed by atoms with Crippen LogP contribution in [-0.4, -0.2) is 35.9 Å². The quantitative estimate of drug-likeness (QED) is 0.556. The summed E-state index contributed by atoms with van der Waals surface area (Å²) in [6, 6.07) is 13.6. The lowest BCUT2D eigenvalue weighted by atomic mass is 10.1. The molecule has 5 nitrogen and oxygen atoms in total. The summed E-state index contributed by atoms with van der Waals surface area (Å²) in [5, 5.41) is 3.97. The molecule has 0 radical (unpaired) electrons. The minimum atomic E-state index is -0.609. The van der Waals surface area contributed by atoms with Crippen LogP contribution in [0.3, 0.4) is 0 Å². The number of hydrogen-bond acceptors (Lipinski definition) is 3. The van der Waals surface area contributed by atoms with E-state index in [4.69, 9.17) is 27.9 Å². The van der Waals surface area contributed by atoms with Crippen LogP contribution >= 0.6 is 23.2 Å². The van der Waals surface area contributed by atoms with Gasteiger partial charge < -0.3 is 15.0 Å². The van der Waals surface area contributed by atoms with Crippen molar-refractivity contribution in [2.45, 2.75) is 39.8 Å². The lowest BCUT2D eigenvalue weighted by Gasteiger charge is -2.31. The highest BCUT2D eigenvalue weighted by Gasteiger charge is 2.29. The summed E-state index contributed by atoms with van der Waals surface area (Å²) in [6.45, 7) is 6.54. The number of benzene rings is 2. The first-order chi connectivity index (χ1) is 14.3. The predicted molar refractivity (Wildman–Crippen MR) is 121 cm³/mol. The van der Waals surface area contributed by atoms with Gasteiger partial charge in [-0.2, -0.15) is 0 Å². The van der Waals surface area contributed by atoms with Crippen molar-refractivity contribution in [1.29, 1.82) is 0 Å². The molecule has 0 heterocycles. The molecule has 2 amide bonds. The Labute approximate surface area is 188 Å². The summed E-state index contributed by atoms with van der Waals surface area (Å²) in [5.41, 5.74) is 0.876. The largest absolute Gasteiger partial charge is 0.482 e. The van der Waals surface area contributed by atoms with E-state index >= 15 is 0 Å². The van der Waals surface area contributed by atoms with Crippen molar-refractivity contribution < 1.29 is 14.3 Å².